The van der Waals surface area contributed by atoms with Crippen molar-refractivity contribution in [1.82, 2.24) is 10.2 Å². The van der Waals surface area contributed by atoms with Crippen LogP contribution in [0.4, 0.5) is 0 Å². The average Bonchev–Trinajstić information content (AvgIpc) is 2.67. The molecule has 0 saturated heterocycles. The summed E-state index contributed by atoms with van der Waals surface area (Å²) >= 11 is 0. The fraction of sp³-hybridized carbons (Fsp3) is 0.381. The molecule has 0 fully saturated rings. The number of aromatic nitrogens is 2. The van der Waals surface area contributed by atoms with Gasteiger partial charge in [0.15, 0.2) is 0 Å². The summed E-state index contributed by atoms with van der Waals surface area (Å²) in [5.74, 6) is 2.10. The van der Waals surface area contributed by atoms with Gasteiger partial charge < -0.3 is 19.0 Å². The van der Waals surface area contributed by atoms with Gasteiger partial charge in [0.2, 0.25) is 5.88 Å². The maximum Gasteiger partial charge on any atom is 0.233 e. The van der Waals surface area contributed by atoms with E-state index in [4.69, 9.17) is 19.0 Å². The van der Waals surface area contributed by atoms with E-state index in [1.54, 1.807) is 19.1 Å². The first-order valence-corrected chi connectivity index (χ1v) is 9.07. The van der Waals surface area contributed by atoms with Crippen LogP contribution in [-0.2, 0) is 4.84 Å². The molecule has 7 nitrogen and oxygen atoms in total. The molecule has 0 saturated carbocycles. The zero-order chi connectivity index (χ0) is 20.4. The molecule has 2 aromatic rings. The summed E-state index contributed by atoms with van der Waals surface area (Å²) in [5.41, 5.74) is 3.32. The Morgan fingerprint density at radius 1 is 1.04 bits per heavy atom. The third kappa shape index (κ3) is 6.26. The van der Waals surface area contributed by atoms with Crippen molar-refractivity contribution in [3.8, 4) is 17.4 Å². The van der Waals surface area contributed by atoms with Crippen LogP contribution in [-0.4, -0.2) is 42.8 Å². The first kappa shape index (κ1) is 21.2. The van der Waals surface area contributed by atoms with Crippen molar-refractivity contribution in [2.45, 2.75) is 27.7 Å². The molecule has 0 bridgehead atoms. The fourth-order valence-electron chi connectivity index (χ4n) is 2.53. The van der Waals surface area contributed by atoms with Crippen molar-refractivity contribution in [2.24, 2.45) is 5.16 Å². The number of allylic oxidation sites excluding steroid dienone is 1. The van der Waals surface area contributed by atoms with E-state index >= 15 is 0 Å². The Morgan fingerprint density at radius 2 is 1.75 bits per heavy atom. The van der Waals surface area contributed by atoms with E-state index in [9.17, 15) is 0 Å². The van der Waals surface area contributed by atoms with Gasteiger partial charge >= 0.3 is 0 Å². The highest BCUT2D eigenvalue weighted by Gasteiger charge is 2.08. The van der Waals surface area contributed by atoms with Crippen LogP contribution in [0.25, 0.3) is 0 Å². The highest BCUT2D eigenvalue weighted by molar-refractivity contribution is 5.96. The highest BCUT2D eigenvalue weighted by Crippen LogP contribution is 2.28. The molecule has 1 heterocycles. The molecule has 28 heavy (non-hydrogen) atoms. The molecule has 0 amide bonds. The maximum absolute atomic E-state index is 5.89. The predicted octanol–water partition coefficient (Wildman–Crippen LogP) is 3.88. The molecule has 0 unspecified atom stereocenters. The first-order chi connectivity index (χ1) is 13.5. The molecule has 2 rings (SSSR count). The molecular weight excluding hydrogens is 358 g/mol. The summed E-state index contributed by atoms with van der Waals surface area (Å²) in [5, 5.41) is 11.9. The molecular formula is C21H27N3O4. The molecule has 1 aromatic carbocycles. The van der Waals surface area contributed by atoms with Gasteiger partial charge in [-0.3, -0.25) is 0 Å². The number of aryl methyl sites for hydroxylation is 2. The van der Waals surface area contributed by atoms with Crippen LogP contribution in [0.15, 0.2) is 41.6 Å². The van der Waals surface area contributed by atoms with Crippen molar-refractivity contribution in [2.75, 3.05) is 26.9 Å². The molecule has 150 valence electrons. The van der Waals surface area contributed by atoms with Gasteiger partial charge in [-0.25, -0.2) is 0 Å². The zero-order valence-corrected chi connectivity index (χ0v) is 17.1. The molecule has 7 heteroatoms. The Hall–Kier alpha value is -3.09. The molecule has 0 aliphatic rings. The van der Waals surface area contributed by atoms with Gasteiger partial charge in [-0.05, 0) is 57.0 Å². The van der Waals surface area contributed by atoms with Gasteiger partial charge in [0.1, 0.15) is 49.8 Å². The van der Waals surface area contributed by atoms with Crippen LogP contribution in [0.2, 0.25) is 0 Å². The van der Waals surface area contributed by atoms with Crippen LogP contribution in [0.1, 0.15) is 30.7 Å². The normalized spacial score (nSPS) is 11.5. The summed E-state index contributed by atoms with van der Waals surface area (Å²) in [6.07, 6.45) is 3.93. The molecule has 0 aliphatic heterocycles. The summed E-state index contributed by atoms with van der Waals surface area (Å²) in [6, 6.07) is 7.47. The first-order valence-electron chi connectivity index (χ1n) is 9.07. The standard InChI is InChI=1S/C21H27N3O4/c1-6-7-10-26-18-13-15(2)21(16(3)14-18)28-12-11-27-20-9-8-19(22-23-20)17(4)24-25-5/h6-9,13-14H,10-12H2,1-5H3/b7-6+,24-17+. The molecule has 0 spiro atoms. The third-order valence-electron chi connectivity index (χ3n) is 3.83. The van der Waals surface area contributed by atoms with E-state index < -0.39 is 0 Å². The van der Waals surface area contributed by atoms with Crippen molar-refractivity contribution in [3.05, 3.63) is 53.2 Å². The fourth-order valence-corrected chi connectivity index (χ4v) is 2.53. The monoisotopic (exact) mass is 385 g/mol. The van der Waals surface area contributed by atoms with E-state index in [2.05, 4.69) is 15.4 Å². The van der Waals surface area contributed by atoms with Gasteiger partial charge in [-0.2, -0.15) is 0 Å². The summed E-state index contributed by atoms with van der Waals surface area (Å²) in [6.45, 7) is 9.07. The van der Waals surface area contributed by atoms with Crippen molar-refractivity contribution < 1.29 is 19.0 Å². The van der Waals surface area contributed by atoms with Crippen LogP contribution in [0.5, 0.6) is 17.4 Å². The summed E-state index contributed by atoms with van der Waals surface area (Å²) < 4.78 is 17.2. The van der Waals surface area contributed by atoms with E-state index in [1.165, 1.54) is 7.11 Å². The van der Waals surface area contributed by atoms with Crippen LogP contribution in [0.3, 0.4) is 0 Å². The molecule has 0 radical (unpaired) electrons. The number of nitrogens with zero attached hydrogens (tertiary/aromatic N) is 3. The van der Waals surface area contributed by atoms with E-state index in [0.29, 0.717) is 37.1 Å². The summed E-state index contributed by atoms with van der Waals surface area (Å²) in [4.78, 5) is 4.72. The number of benzene rings is 1. The number of hydrogen-bond donors (Lipinski definition) is 0. The van der Waals surface area contributed by atoms with Gasteiger partial charge in [-0.1, -0.05) is 17.3 Å². The largest absolute Gasteiger partial charge is 0.490 e. The number of hydrogen-bond acceptors (Lipinski definition) is 7. The Balaban J connectivity index is 1.85. The van der Waals surface area contributed by atoms with Gasteiger partial charge in [-0.15, -0.1) is 10.2 Å². The molecule has 0 N–H and O–H groups in total. The number of ether oxygens (including phenoxy) is 3. The maximum atomic E-state index is 5.89. The minimum absolute atomic E-state index is 0.359. The predicted molar refractivity (Wildman–Crippen MR) is 108 cm³/mol. The van der Waals surface area contributed by atoms with Crippen molar-refractivity contribution >= 4 is 5.71 Å². The van der Waals surface area contributed by atoms with Crippen LogP contribution >= 0.6 is 0 Å². The van der Waals surface area contributed by atoms with Crippen molar-refractivity contribution in [3.63, 3.8) is 0 Å². The summed E-state index contributed by atoms with van der Waals surface area (Å²) in [7, 11) is 1.49. The van der Waals surface area contributed by atoms with E-state index in [-0.39, 0.29) is 0 Å². The zero-order valence-electron chi connectivity index (χ0n) is 17.1. The van der Waals surface area contributed by atoms with Gasteiger partial charge in [0.25, 0.3) is 0 Å². The molecule has 0 atom stereocenters. The second kappa shape index (κ2) is 10.9. The smallest absolute Gasteiger partial charge is 0.233 e. The average molecular weight is 385 g/mol. The van der Waals surface area contributed by atoms with Crippen molar-refractivity contribution in [1.29, 1.82) is 0 Å². The minimum Gasteiger partial charge on any atom is -0.490 e. The molecule has 0 aliphatic carbocycles. The Morgan fingerprint density at radius 3 is 2.36 bits per heavy atom. The number of oxime groups is 1. The second-order valence-electron chi connectivity index (χ2n) is 6.08. The van der Waals surface area contributed by atoms with Gasteiger partial charge in [0.05, 0.1) is 0 Å². The van der Waals surface area contributed by atoms with Crippen LogP contribution < -0.4 is 14.2 Å². The Kier molecular flexibility index (Phi) is 8.27. The van der Waals surface area contributed by atoms with Crippen LogP contribution in [0, 0.1) is 13.8 Å². The quantitative estimate of drug-likeness (QED) is 0.267. The molecule has 1 aromatic heterocycles. The third-order valence-corrected chi connectivity index (χ3v) is 3.83. The van der Waals surface area contributed by atoms with Gasteiger partial charge in [0, 0.05) is 6.07 Å². The SMILES string of the molecule is C/C=C/COc1cc(C)c(OCCOc2ccc(/C(C)=N/OC)nn2)c(C)c1. The second-order valence-corrected chi connectivity index (χ2v) is 6.08. The lowest BCUT2D eigenvalue weighted by Gasteiger charge is -2.14. The lowest BCUT2D eigenvalue weighted by molar-refractivity contribution is 0.208. The Labute approximate surface area is 166 Å². The lowest BCUT2D eigenvalue weighted by atomic mass is 10.1. The number of rotatable bonds is 10. The topological polar surface area (TPSA) is 75.1 Å². The highest BCUT2D eigenvalue weighted by atomic mass is 16.6. The lowest BCUT2D eigenvalue weighted by Crippen LogP contribution is -2.12. The Bertz CT molecular complexity index is 794. The minimum atomic E-state index is 0.359. The van der Waals surface area contributed by atoms with E-state index in [1.807, 2.05) is 45.1 Å². The van der Waals surface area contributed by atoms with E-state index in [0.717, 1.165) is 22.6 Å².